The molecule has 0 atom stereocenters. The number of carbonyl (C=O) groups excluding carboxylic acids is 3. The van der Waals surface area contributed by atoms with E-state index in [0.717, 1.165) is 29.2 Å². The Bertz CT molecular complexity index is 4430. The number of halogens is 2. The number of anilines is 4. The fraction of sp³-hybridized carbons (Fsp3) is 0.295. The Morgan fingerprint density at radius 1 is 0.671 bits per heavy atom. The number of hydrogen-bond donors (Lipinski definition) is 2. The van der Waals surface area contributed by atoms with Gasteiger partial charge in [0.1, 0.15) is 5.60 Å². The molecule has 2 aliphatic heterocycles. The van der Waals surface area contributed by atoms with Crippen molar-refractivity contribution in [3.05, 3.63) is 161 Å². The summed E-state index contributed by atoms with van der Waals surface area (Å²) in [6.45, 7) is 5.57. The van der Waals surface area contributed by atoms with Crippen LogP contribution in [0.1, 0.15) is 86.0 Å². The molecule has 1 amide bonds. The highest BCUT2D eigenvalue weighted by Gasteiger charge is 2.36. The number of sulfone groups is 2. The molecule has 4 aromatic heterocycles. The number of methoxy groups -OCH3 is 2. The zero-order valence-electron chi connectivity index (χ0n) is 47.8. The summed E-state index contributed by atoms with van der Waals surface area (Å²) in [4.78, 5) is 75.6. The Balaban J connectivity index is 0.000000206. The van der Waals surface area contributed by atoms with Gasteiger partial charge >= 0.3 is 18.0 Å². The number of alkyl carbamates (subject to hydrolysis) is 1. The van der Waals surface area contributed by atoms with Crippen LogP contribution in [-0.2, 0) is 72.3 Å². The van der Waals surface area contributed by atoms with Crippen molar-refractivity contribution in [1.29, 1.82) is 0 Å². The van der Waals surface area contributed by atoms with E-state index in [1.165, 1.54) is 60.0 Å². The number of carbonyl (C=O) groups is 3. The molecule has 0 bridgehead atoms. The van der Waals surface area contributed by atoms with Crippen molar-refractivity contribution in [1.82, 2.24) is 24.4 Å². The monoisotopic (exact) mass is 1200 g/mol. The number of fused-ring (bicyclic) bond motifs is 4. The van der Waals surface area contributed by atoms with Crippen molar-refractivity contribution in [3.8, 4) is 45.9 Å². The van der Waals surface area contributed by atoms with Crippen molar-refractivity contribution in [2.75, 3.05) is 62.7 Å². The quantitative estimate of drug-likeness (QED) is 0.0927. The van der Waals surface area contributed by atoms with Gasteiger partial charge in [0, 0.05) is 95.9 Å². The van der Waals surface area contributed by atoms with E-state index in [-0.39, 0.29) is 76.8 Å². The van der Waals surface area contributed by atoms with Crippen molar-refractivity contribution in [2.45, 2.75) is 50.7 Å². The van der Waals surface area contributed by atoms with Crippen LogP contribution in [0.4, 0.5) is 36.6 Å². The number of nitrogens with zero attached hydrogens (tertiary/aromatic N) is 6. The molecule has 6 aromatic rings. The fourth-order valence-corrected chi connectivity index (χ4v) is 12.2. The second kappa shape index (κ2) is 23.4. The van der Waals surface area contributed by atoms with E-state index in [2.05, 4.69) is 39.0 Å². The van der Waals surface area contributed by atoms with Crippen molar-refractivity contribution < 1.29 is 54.2 Å². The number of allylic oxidation sites excluding steroid dienone is 2. The molecule has 0 saturated heterocycles. The fourth-order valence-electron chi connectivity index (χ4n) is 10.6. The topological polar surface area (TPSA) is 261 Å². The molecular formula is C61H58F2N8O12S2. The molecule has 6 heterocycles. The molecule has 0 fully saturated rings. The SMILES string of the molecule is COC(=O)c1cc2c(cc1CS(C)(=O)=O)-c1cn(C)c(=O)c3c1C(=CC3)CN2c1ncc(C#CCN)cc1F.COC(=O)c1cc2c(cc1CS(C)(=O)=O)-c1cn(C)c(=O)c3c1C(=CC3)CN2c1ncc(C#CCNC(=O)OC(C)(C)C)cc1F. The molecule has 85 heavy (non-hydrogen) atoms. The van der Waals surface area contributed by atoms with E-state index in [9.17, 15) is 40.8 Å². The van der Waals surface area contributed by atoms with Crippen LogP contribution >= 0.6 is 0 Å². The number of benzene rings is 2. The lowest BCUT2D eigenvalue weighted by atomic mass is 9.93. The molecule has 0 unspecified atom stereocenters. The molecule has 10 rings (SSSR count). The van der Waals surface area contributed by atoms with E-state index < -0.39 is 66.4 Å². The first-order valence-electron chi connectivity index (χ1n) is 26.3. The normalized spacial score (nSPS) is 13.5. The summed E-state index contributed by atoms with van der Waals surface area (Å²) in [6, 6.07) is 8.65. The van der Waals surface area contributed by atoms with Gasteiger partial charge in [-0.05, 0) is 103 Å². The number of pyridine rings is 4. The minimum atomic E-state index is -3.58. The molecule has 0 spiro atoms. The van der Waals surface area contributed by atoms with Crippen LogP contribution in [0.5, 0.6) is 0 Å². The molecular weight excluding hydrogens is 1140 g/mol. The van der Waals surface area contributed by atoms with Gasteiger partial charge in [-0.3, -0.25) is 9.59 Å². The molecule has 24 heteroatoms. The van der Waals surface area contributed by atoms with Crippen LogP contribution < -0.4 is 32.0 Å². The van der Waals surface area contributed by atoms with E-state index in [0.29, 0.717) is 68.7 Å². The first-order valence-corrected chi connectivity index (χ1v) is 30.4. The van der Waals surface area contributed by atoms with Gasteiger partial charge < -0.3 is 44.2 Å². The number of esters is 2. The summed E-state index contributed by atoms with van der Waals surface area (Å²) in [5, 5.41) is 2.51. The minimum absolute atomic E-state index is 0.00754. The Labute approximate surface area is 488 Å². The van der Waals surface area contributed by atoms with E-state index in [1.807, 2.05) is 12.2 Å². The first-order chi connectivity index (χ1) is 40.1. The number of hydrogen-bond acceptors (Lipinski definition) is 17. The third-order valence-corrected chi connectivity index (χ3v) is 15.7. The maximum atomic E-state index is 15.9. The van der Waals surface area contributed by atoms with E-state index in [1.54, 1.807) is 69.2 Å². The maximum absolute atomic E-state index is 15.9. The smallest absolute Gasteiger partial charge is 0.408 e. The predicted octanol–water partition coefficient (Wildman–Crippen LogP) is 6.20. The van der Waals surface area contributed by atoms with Crippen LogP contribution in [0.3, 0.4) is 0 Å². The highest BCUT2D eigenvalue weighted by Crippen LogP contribution is 2.49. The van der Waals surface area contributed by atoms with Crippen molar-refractivity contribution in [2.24, 2.45) is 19.8 Å². The lowest BCUT2D eigenvalue weighted by Crippen LogP contribution is -2.32. The number of nitrogens with two attached hydrogens (primary N) is 1. The summed E-state index contributed by atoms with van der Waals surface area (Å²) in [7, 11) is -1.46. The Morgan fingerprint density at radius 3 is 1.47 bits per heavy atom. The standard InChI is InChI=1S/C33H33FN4O7S.C28H25FN4O5S/c1-33(2,3)45-32(41)35-11-7-8-19-12-26(34)29(36-15-19)38-16-20-9-10-22-28(20)25(17-37(4)30(22)39)24-13-21(18-46(6,42)43)23(14-27(24)38)31(40)44-5;1-32-14-22-21-10-18(15-39(3,36)37)20(28(35)38-2)11-24(21)33(13-17-6-7-19(25(17)22)27(32)34)26-23(29)9-16(12-31-26)5-4-8-30/h9,12-15,17H,10-11,16,18H2,1-6H3,(H,35,41);6,9-12,14H,7-8,13,15,30H2,1-3H3. The van der Waals surface area contributed by atoms with Gasteiger partial charge in [-0.2, -0.15) is 0 Å². The van der Waals surface area contributed by atoms with Crippen molar-refractivity contribution >= 4 is 71.9 Å². The number of nitrogens with one attached hydrogen (secondary N) is 1. The summed E-state index contributed by atoms with van der Waals surface area (Å²) in [5.74, 6) is 7.16. The summed E-state index contributed by atoms with van der Waals surface area (Å²) >= 11 is 0. The number of aryl methyl sites for hydroxylation is 2. The Kier molecular flexibility index (Phi) is 16.6. The Hall–Kier alpha value is -9.23. The van der Waals surface area contributed by atoms with Gasteiger partial charge in [-0.15, -0.1) is 0 Å². The highest BCUT2D eigenvalue weighted by atomic mass is 32.2. The molecule has 0 saturated carbocycles. The van der Waals surface area contributed by atoms with E-state index in [4.69, 9.17) is 19.9 Å². The molecule has 4 aliphatic rings. The molecule has 0 radical (unpaired) electrons. The number of aromatic nitrogens is 4. The summed E-state index contributed by atoms with van der Waals surface area (Å²) < 4.78 is 98.9. The van der Waals surface area contributed by atoms with Gasteiger partial charge in [-0.1, -0.05) is 35.8 Å². The number of amides is 1. The van der Waals surface area contributed by atoms with Crippen LogP contribution in [0.2, 0.25) is 0 Å². The van der Waals surface area contributed by atoms with E-state index >= 15 is 8.78 Å². The second-order valence-corrected chi connectivity index (χ2v) is 25.8. The Morgan fingerprint density at radius 2 is 1.09 bits per heavy atom. The zero-order chi connectivity index (χ0) is 61.6. The van der Waals surface area contributed by atoms with Gasteiger partial charge in [0.25, 0.3) is 11.1 Å². The van der Waals surface area contributed by atoms with Gasteiger partial charge in [0.2, 0.25) is 0 Å². The number of ether oxygens (including phenoxy) is 3. The largest absolute Gasteiger partial charge is 0.465 e. The van der Waals surface area contributed by atoms with Crippen molar-refractivity contribution in [3.63, 3.8) is 0 Å². The third kappa shape index (κ3) is 12.7. The molecule has 3 N–H and O–H groups in total. The average molecular weight is 1200 g/mol. The highest BCUT2D eigenvalue weighted by molar-refractivity contribution is 7.90. The van der Waals surface area contributed by atoms with Gasteiger partial charge in [-0.25, -0.2) is 50.0 Å². The first kappa shape index (κ1) is 60.4. The summed E-state index contributed by atoms with van der Waals surface area (Å²) in [5.41, 5.74) is 12.8. The average Bonchev–Trinajstić information content (AvgIpc) is 2.19. The predicted molar refractivity (Wildman–Crippen MR) is 317 cm³/mol. The lowest BCUT2D eigenvalue weighted by molar-refractivity contribution is 0.0532. The lowest BCUT2D eigenvalue weighted by Gasteiger charge is -2.26. The molecule has 440 valence electrons. The molecule has 20 nitrogen and oxygen atoms in total. The molecule has 2 aromatic carbocycles. The summed E-state index contributed by atoms with van der Waals surface area (Å²) in [6.07, 6.45) is 12.3. The maximum Gasteiger partial charge on any atom is 0.408 e. The number of rotatable bonds is 9. The van der Waals surface area contributed by atoms with Gasteiger partial charge in [0.05, 0.1) is 74.4 Å². The second-order valence-electron chi connectivity index (χ2n) is 21.6. The van der Waals surface area contributed by atoms with Gasteiger partial charge in [0.15, 0.2) is 42.9 Å². The molecule has 2 aliphatic carbocycles. The minimum Gasteiger partial charge on any atom is -0.465 e. The van der Waals surface area contributed by atoms with Crippen LogP contribution in [0.25, 0.3) is 33.4 Å². The van der Waals surface area contributed by atoms with Crippen LogP contribution in [-0.4, -0.2) is 112 Å². The van der Waals surface area contributed by atoms with Crippen LogP contribution in [0.15, 0.2) is 82.9 Å². The zero-order valence-corrected chi connectivity index (χ0v) is 49.5. The van der Waals surface area contributed by atoms with Crippen LogP contribution in [0, 0.1) is 35.3 Å². The third-order valence-electron chi connectivity index (χ3n) is 14.0.